The van der Waals surface area contributed by atoms with E-state index in [2.05, 4.69) is 0 Å². The molecule has 3 rings (SSSR count). The number of aryl methyl sites for hydroxylation is 1. The summed E-state index contributed by atoms with van der Waals surface area (Å²) in [6.07, 6.45) is 0. The summed E-state index contributed by atoms with van der Waals surface area (Å²) in [5.41, 5.74) is 0.988. The van der Waals surface area contributed by atoms with E-state index in [1.165, 1.54) is 45.6 Å². The van der Waals surface area contributed by atoms with Crippen LogP contribution in [0.15, 0.2) is 47.4 Å². The second kappa shape index (κ2) is 7.13. The lowest BCUT2D eigenvalue weighted by atomic mass is 10.2. The number of sulfonamides is 1. The number of benzene rings is 2. The van der Waals surface area contributed by atoms with Gasteiger partial charge in [0, 0.05) is 31.7 Å². The molecule has 26 heavy (non-hydrogen) atoms. The Balaban J connectivity index is 1.72. The van der Waals surface area contributed by atoms with Crippen molar-refractivity contribution >= 4 is 15.9 Å². The zero-order valence-electron chi connectivity index (χ0n) is 14.2. The van der Waals surface area contributed by atoms with E-state index in [9.17, 15) is 22.0 Å². The van der Waals surface area contributed by atoms with E-state index in [0.29, 0.717) is 11.1 Å². The number of halogens is 2. The molecule has 1 heterocycles. The Bertz CT molecular complexity index is 922. The molecule has 1 fully saturated rings. The fraction of sp³-hybridized carbons (Fsp3) is 0.278. The minimum absolute atomic E-state index is 0.0721. The first kappa shape index (κ1) is 18.5. The molecular formula is C18H18F2N2O3S. The third-order valence-electron chi connectivity index (χ3n) is 4.32. The van der Waals surface area contributed by atoms with Crippen molar-refractivity contribution in [3.05, 3.63) is 65.2 Å². The lowest BCUT2D eigenvalue weighted by molar-refractivity contribution is 0.0697. The van der Waals surface area contributed by atoms with Crippen molar-refractivity contribution in [3.63, 3.8) is 0 Å². The van der Waals surface area contributed by atoms with Gasteiger partial charge in [0.05, 0.1) is 0 Å². The molecule has 1 amide bonds. The number of hydrogen-bond acceptors (Lipinski definition) is 3. The number of hydrogen-bond donors (Lipinski definition) is 0. The molecule has 0 spiro atoms. The van der Waals surface area contributed by atoms with Gasteiger partial charge in [-0.1, -0.05) is 6.07 Å². The van der Waals surface area contributed by atoms with Crippen molar-refractivity contribution in [1.29, 1.82) is 0 Å². The van der Waals surface area contributed by atoms with Crippen molar-refractivity contribution in [1.82, 2.24) is 9.21 Å². The molecule has 0 N–H and O–H groups in total. The fourth-order valence-electron chi connectivity index (χ4n) is 2.85. The van der Waals surface area contributed by atoms with Crippen LogP contribution in [0.5, 0.6) is 0 Å². The predicted octanol–water partition coefficient (Wildman–Crippen LogP) is 2.42. The van der Waals surface area contributed by atoms with Crippen molar-refractivity contribution in [2.75, 3.05) is 26.2 Å². The van der Waals surface area contributed by atoms with Crippen LogP contribution in [0.1, 0.15) is 15.9 Å². The maximum Gasteiger partial charge on any atom is 0.253 e. The maximum absolute atomic E-state index is 14.0. The quantitative estimate of drug-likeness (QED) is 0.822. The molecule has 0 bridgehead atoms. The summed E-state index contributed by atoms with van der Waals surface area (Å²) in [5, 5.41) is 0. The molecule has 2 aromatic rings. The zero-order chi connectivity index (χ0) is 18.9. The van der Waals surface area contributed by atoms with Gasteiger partial charge in [-0.25, -0.2) is 17.2 Å². The van der Waals surface area contributed by atoms with E-state index < -0.39 is 21.7 Å². The van der Waals surface area contributed by atoms with Gasteiger partial charge in [0.2, 0.25) is 10.0 Å². The smallest absolute Gasteiger partial charge is 0.253 e. The van der Waals surface area contributed by atoms with Gasteiger partial charge >= 0.3 is 0 Å². The largest absolute Gasteiger partial charge is 0.336 e. The van der Waals surface area contributed by atoms with E-state index in [-0.39, 0.29) is 37.0 Å². The highest BCUT2D eigenvalue weighted by molar-refractivity contribution is 7.89. The van der Waals surface area contributed by atoms with Crippen LogP contribution in [0, 0.1) is 18.6 Å². The number of carbonyl (C=O) groups is 1. The summed E-state index contributed by atoms with van der Waals surface area (Å²) < 4.78 is 53.5. The number of amides is 1. The second-order valence-corrected chi connectivity index (χ2v) is 8.04. The average Bonchev–Trinajstić information content (AvgIpc) is 2.64. The summed E-state index contributed by atoms with van der Waals surface area (Å²) in [6.45, 7) is 2.20. The Morgan fingerprint density at radius 2 is 1.58 bits per heavy atom. The Labute approximate surface area is 150 Å². The van der Waals surface area contributed by atoms with Crippen LogP contribution >= 0.6 is 0 Å². The molecule has 1 saturated heterocycles. The number of carbonyl (C=O) groups excluding carboxylic acids is 1. The number of nitrogens with zero attached hydrogens (tertiary/aromatic N) is 2. The molecule has 0 radical (unpaired) electrons. The number of rotatable bonds is 3. The van der Waals surface area contributed by atoms with Gasteiger partial charge in [0.25, 0.3) is 5.91 Å². The van der Waals surface area contributed by atoms with Crippen LogP contribution in [0.25, 0.3) is 0 Å². The van der Waals surface area contributed by atoms with Crippen molar-refractivity contribution < 1.29 is 22.0 Å². The first-order valence-electron chi connectivity index (χ1n) is 8.10. The van der Waals surface area contributed by atoms with Gasteiger partial charge in [-0.3, -0.25) is 4.79 Å². The predicted molar refractivity (Wildman–Crippen MR) is 92.2 cm³/mol. The molecule has 0 aromatic heterocycles. The molecule has 2 aromatic carbocycles. The van der Waals surface area contributed by atoms with Crippen molar-refractivity contribution in [3.8, 4) is 0 Å². The summed E-state index contributed by atoms with van der Waals surface area (Å²) in [5.74, 6) is -1.51. The highest BCUT2D eigenvalue weighted by Crippen LogP contribution is 2.22. The van der Waals surface area contributed by atoms with E-state index >= 15 is 0 Å². The molecule has 0 aliphatic carbocycles. The minimum atomic E-state index is -3.96. The van der Waals surface area contributed by atoms with Crippen LogP contribution in [-0.2, 0) is 10.0 Å². The monoisotopic (exact) mass is 380 g/mol. The SMILES string of the molecule is Cc1ccc(F)c(S(=O)(=O)N2CCN(C(=O)c3ccc(F)cc3)CC2)c1. The van der Waals surface area contributed by atoms with Crippen LogP contribution in [-0.4, -0.2) is 49.7 Å². The van der Waals surface area contributed by atoms with Gasteiger partial charge in [-0.2, -0.15) is 4.31 Å². The van der Waals surface area contributed by atoms with Crippen LogP contribution in [0.4, 0.5) is 8.78 Å². The van der Waals surface area contributed by atoms with Crippen LogP contribution in [0.3, 0.4) is 0 Å². The lowest BCUT2D eigenvalue weighted by Crippen LogP contribution is -2.50. The molecule has 8 heteroatoms. The third-order valence-corrected chi connectivity index (χ3v) is 6.24. The van der Waals surface area contributed by atoms with E-state index in [1.54, 1.807) is 6.92 Å². The molecule has 1 aliphatic heterocycles. The van der Waals surface area contributed by atoms with E-state index in [1.807, 2.05) is 0 Å². The summed E-state index contributed by atoms with van der Waals surface area (Å²) in [7, 11) is -3.96. The van der Waals surface area contributed by atoms with Gasteiger partial charge in [-0.05, 0) is 48.9 Å². The molecule has 0 atom stereocenters. The summed E-state index contributed by atoms with van der Waals surface area (Å²) >= 11 is 0. The maximum atomic E-state index is 14.0. The zero-order valence-corrected chi connectivity index (χ0v) is 15.0. The van der Waals surface area contributed by atoms with Gasteiger partial charge in [0.1, 0.15) is 16.5 Å². The Morgan fingerprint density at radius 3 is 2.19 bits per heavy atom. The molecule has 138 valence electrons. The molecular weight excluding hydrogens is 362 g/mol. The third kappa shape index (κ3) is 3.61. The van der Waals surface area contributed by atoms with Crippen molar-refractivity contribution in [2.45, 2.75) is 11.8 Å². The van der Waals surface area contributed by atoms with Gasteiger partial charge < -0.3 is 4.90 Å². The lowest BCUT2D eigenvalue weighted by Gasteiger charge is -2.34. The standard InChI is InChI=1S/C18H18F2N2O3S/c1-13-2-7-16(20)17(12-13)26(24,25)22-10-8-21(9-11-22)18(23)14-3-5-15(19)6-4-14/h2-7,12H,8-11H2,1H3. The summed E-state index contributed by atoms with van der Waals surface area (Å²) in [6, 6.07) is 9.14. The highest BCUT2D eigenvalue weighted by Gasteiger charge is 2.32. The highest BCUT2D eigenvalue weighted by atomic mass is 32.2. The van der Waals surface area contributed by atoms with Crippen molar-refractivity contribution in [2.24, 2.45) is 0 Å². The first-order chi connectivity index (χ1) is 12.3. The number of piperazine rings is 1. The molecule has 5 nitrogen and oxygen atoms in total. The van der Waals surface area contributed by atoms with Crippen LogP contribution < -0.4 is 0 Å². The van der Waals surface area contributed by atoms with E-state index in [0.717, 1.165) is 6.07 Å². The Morgan fingerprint density at radius 1 is 0.962 bits per heavy atom. The Kier molecular flexibility index (Phi) is 5.06. The van der Waals surface area contributed by atoms with Gasteiger partial charge in [0.15, 0.2) is 0 Å². The van der Waals surface area contributed by atoms with E-state index in [4.69, 9.17) is 0 Å². The minimum Gasteiger partial charge on any atom is -0.336 e. The van der Waals surface area contributed by atoms with Gasteiger partial charge in [-0.15, -0.1) is 0 Å². The van der Waals surface area contributed by atoms with Crippen LogP contribution in [0.2, 0.25) is 0 Å². The summed E-state index contributed by atoms with van der Waals surface area (Å²) in [4.78, 5) is 13.6. The molecule has 1 aliphatic rings. The fourth-order valence-corrected chi connectivity index (χ4v) is 4.43. The normalized spacial score (nSPS) is 15.9. The first-order valence-corrected chi connectivity index (χ1v) is 9.54. The second-order valence-electron chi connectivity index (χ2n) is 6.14. The molecule has 0 saturated carbocycles. The topological polar surface area (TPSA) is 57.7 Å². The Hall–Kier alpha value is -2.32. The average molecular weight is 380 g/mol. The molecule has 0 unspecified atom stereocenters.